The molecule has 0 aromatic carbocycles. The molecular formula is C18H25N3O2. The molecule has 1 N–H and O–H groups in total. The normalized spacial score (nSPS) is 32.4. The topological polar surface area (TPSA) is 56.7 Å². The summed E-state index contributed by atoms with van der Waals surface area (Å²) in [6, 6.07) is 4.67. The van der Waals surface area contributed by atoms with E-state index in [1.807, 2.05) is 12.1 Å². The van der Waals surface area contributed by atoms with E-state index in [9.17, 15) is 9.90 Å². The van der Waals surface area contributed by atoms with Crippen molar-refractivity contribution < 1.29 is 9.90 Å². The fraction of sp³-hybridized carbons (Fsp3) is 0.667. The second-order valence-electron chi connectivity index (χ2n) is 7.55. The van der Waals surface area contributed by atoms with Crippen molar-refractivity contribution in [2.24, 2.45) is 11.3 Å². The van der Waals surface area contributed by atoms with E-state index in [-0.39, 0.29) is 5.92 Å². The predicted molar refractivity (Wildman–Crippen MR) is 86.9 cm³/mol. The zero-order valence-electron chi connectivity index (χ0n) is 13.5. The van der Waals surface area contributed by atoms with Crippen LogP contribution in [-0.2, 0) is 11.3 Å². The van der Waals surface area contributed by atoms with Crippen LogP contribution in [0.2, 0.25) is 0 Å². The number of rotatable bonds is 4. The van der Waals surface area contributed by atoms with Gasteiger partial charge in [-0.15, -0.1) is 0 Å². The molecule has 1 aromatic heterocycles. The third-order valence-electron chi connectivity index (χ3n) is 6.13. The first-order valence-electron chi connectivity index (χ1n) is 8.76. The third-order valence-corrected chi connectivity index (χ3v) is 6.13. The van der Waals surface area contributed by atoms with Gasteiger partial charge in [-0.05, 0) is 30.5 Å². The highest BCUT2D eigenvalue weighted by molar-refractivity contribution is 5.77. The van der Waals surface area contributed by atoms with Crippen molar-refractivity contribution in [3.63, 3.8) is 0 Å². The molecule has 23 heavy (non-hydrogen) atoms. The van der Waals surface area contributed by atoms with Crippen LogP contribution in [0, 0.1) is 11.3 Å². The molecule has 0 radical (unpaired) electrons. The first-order valence-corrected chi connectivity index (χ1v) is 8.76. The number of fused-ring (bicyclic) bond motifs is 1. The van der Waals surface area contributed by atoms with Crippen molar-refractivity contribution in [1.82, 2.24) is 14.8 Å². The number of likely N-dealkylation sites (tertiary alicyclic amines) is 2. The zero-order chi connectivity index (χ0) is 15.9. The summed E-state index contributed by atoms with van der Waals surface area (Å²) in [6.07, 6.45) is 8.73. The quantitative estimate of drug-likeness (QED) is 0.919. The number of carbonyl (C=O) groups is 1. The Morgan fingerprint density at radius 2 is 1.96 bits per heavy atom. The minimum atomic E-state index is -0.597. The summed E-state index contributed by atoms with van der Waals surface area (Å²) >= 11 is 0. The summed E-state index contributed by atoms with van der Waals surface area (Å²) in [4.78, 5) is 21.0. The molecule has 1 saturated carbocycles. The summed E-state index contributed by atoms with van der Waals surface area (Å²) in [5.74, 6) is -0.331. The van der Waals surface area contributed by atoms with E-state index in [0.717, 1.165) is 26.2 Å². The maximum absolute atomic E-state index is 12.1. The van der Waals surface area contributed by atoms with E-state index in [4.69, 9.17) is 0 Å². The van der Waals surface area contributed by atoms with Gasteiger partial charge in [0, 0.05) is 57.1 Å². The van der Waals surface area contributed by atoms with E-state index in [0.29, 0.717) is 12.6 Å². The SMILES string of the molecule is O=C(O)[C@@]12CN(Cc3ccncc3)C[C@@H]1CN(C1CCCC1)C2. The van der Waals surface area contributed by atoms with Crippen molar-refractivity contribution in [2.75, 3.05) is 26.2 Å². The monoisotopic (exact) mass is 315 g/mol. The van der Waals surface area contributed by atoms with Crippen LogP contribution in [0.15, 0.2) is 24.5 Å². The smallest absolute Gasteiger partial charge is 0.312 e. The lowest BCUT2D eigenvalue weighted by molar-refractivity contribution is -0.149. The fourth-order valence-electron chi connectivity index (χ4n) is 4.93. The zero-order valence-corrected chi connectivity index (χ0v) is 13.5. The minimum Gasteiger partial charge on any atom is -0.481 e. The van der Waals surface area contributed by atoms with Crippen molar-refractivity contribution in [2.45, 2.75) is 38.3 Å². The number of hydrogen-bond acceptors (Lipinski definition) is 4. The molecule has 124 valence electrons. The van der Waals surface area contributed by atoms with Gasteiger partial charge in [-0.1, -0.05) is 12.8 Å². The number of pyridine rings is 1. The highest BCUT2D eigenvalue weighted by Gasteiger charge is 2.58. The van der Waals surface area contributed by atoms with E-state index >= 15 is 0 Å². The van der Waals surface area contributed by atoms with Crippen molar-refractivity contribution in [1.29, 1.82) is 0 Å². The first kappa shape index (κ1) is 15.1. The average Bonchev–Trinajstić information content (AvgIpc) is 3.21. The van der Waals surface area contributed by atoms with E-state index in [1.165, 1.54) is 31.2 Å². The third kappa shape index (κ3) is 2.66. The highest BCUT2D eigenvalue weighted by Crippen LogP contribution is 2.45. The van der Waals surface area contributed by atoms with Crippen LogP contribution in [-0.4, -0.2) is 58.1 Å². The van der Waals surface area contributed by atoms with Gasteiger partial charge in [0.15, 0.2) is 0 Å². The Morgan fingerprint density at radius 1 is 1.22 bits per heavy atom. The van der Waals surface area contributed by atoms with Gasteiger partial charge in [0.05, 0.1) is 5.41 Å². The van der Waals surface area contributed by atoms with Crippen LogP contribution in [0.1, 0.15) is 31.2 Å². The number of hydrogen-bond donors (Lipinski definition) is 1. The van der Waals surface area contributed by atoms with Gasteiger partial charge in [0.2, 0.25) is 0 Å². The van der Waals surface area contributed by atoms with E-state index < -0.39 is 11.4 Å². The standard InChI is InChI=1S/C18H25N3O2/c22-17(23)18-12-20(9-14-5-7-19-8-6-14)10-15(18)11-21(13-18)16-3-1-2-4-16/h5-8,15-16H,1-4,9-13H2,(H,22,23)/t15-,18-/m1/s1. The van der Waals surface area contributed by atoms with Gasteiger partial charge in [-0.2, -0.15) is 0 Å². The minimum absolute atomic E-state index is 0.266. The van der Waals surface area contributed by atoms with Crippen molar-refractivity contribution in [3.8, 4) is 0 Å². The molecule has 2 aliphatic heterocycles. The summed E-state index contributed by atoms with van der Waals surface area (Å²) in [5, 5.41) is 9.96. The van der Waals surface area contributed by atoms with Crippen LogP contribution in [0.25, 0.3) is 0 Å². The van der Waals surface area contributed by atoms with E-state index in [1.54, 1.807) is 12.4 Å². The van der Waals surface area contributed by atoms with Crippen LogP contribution < -0.4 is 0 Å². The van der Waals surface area contributed by atoms with Gasteiger partial charge in [-0.3, -0.25) is 19.6 Å². The summed E-state index contributed by atoms with van der Waals surface area (Å²) < 4.78 is 0. The molecule has 5 heteroatoms. The van der Waals surface area contributed by atoms with Gasteiger partial charge < -0.3 is 5.11 Å². The Kier molecular flexibility index (Phi) is 3.85. The molecule has 0 unspecified atom stereocenters. The molecule has 3 fully saturated rings. The fourth-order valence-corrected chi connectivity index (χ4v) is 4.93. The molecule has 0 spiro atoms. The molecule has 3 heterocycles. The molecular weight excluding hydrogens is 290 g/mol. The van der Waals surface area contributed by atoms with Gasteiger partial charge in [0.25, 0.3) is 0 Å². The Morgan fingerprint density at radius 3 is 2.61 bits per heavy atom. The average molecular weight is 315 g/mol. The predicted octanol–water partition coefficient (Wildman–Crippen LogP) is 1.84. The Bertz CT molecular complexity index is 573. The van der Waals surface area contributed by atoms with Crippen LogP contribution in [0.3, 0.4) is 0 Å². The first-order chi connectivity index (χ1) is 11.2. The molecule has 0 bridgehead atoms. The maximum Gasteiger partial charge on any atom is 0.312 e. The molecule has 0 amide bonds. The van der Waals surface area contributed by atoms with E-state index in [2.05, 4.69) is 14.8 Å². The number of aromatic nitrogens is 1. The second kappa shape index (κ2) is 5.87. The summed E-state index contributed by atoms with van der Waals surface area (Å²) in [6.45, 7) is 4.11. The maximum atomic E-state index is 12.1. The molecule has 3 aliphatic rings. The Balaban J connectivity index is 1.47. The molecule has 1 aliphatic carbocycles. The molecule has 5 nitrogen and oxygen atoms in total. The van der Waals surface area contributed by atoms with Crippen molar-refractivity contribution in [3.05, 3.63) is 30.1 Å². The lowest BCUT2D eigenvalue weighted by atomic mass is 9.81. The van der Waals surface area contributed by atoms with Crippen LogP contribution >= 0.6 is 0 Å². The molecule has 2 atom stereocenters. The Hall–Kier alpha value is -1.46. The van der Waals surface area contributed by atoms with Crippen molar-refractivity contribution >= 4 is 5.97 Å². The largest absolute Gasteiger partial charge is 0.481 e. The highest BCUT2D eigenvalue weighted by atomic mass is 16.4. The molecule has 2 saturated heterocycles. The number of carboxylic acid groups (broad SMARTS) is 1. The molecule has 4 rings (SSSR count). The van der Waals surface area contributed by atoms with Gasteiger partial charge in [-0.25, -0.2) is 0 Å². The van der Waals surface area contributed by atoms with Gasteiger partial charge >= 0.3 is 5.97 Å². The number of carboxylic acids is 1. The second-order valence-corrected chi connectivity index (χ2v) is 7.55. The molecule has 1 aromatic rings. The lowest BCUT2D eigenvalue weighted by Crippen LogP contribution is -2.42. The Labute approximate surface area is 137 Å². The van der Waals surface area contributed by atoms with Crippen LogP contribution in [0.5, 0.6) is 0 Å². The summed E-state index contributed by atoms with van der Waals surface area (Å²) in [7, 11) is 0. The number of aliphatic carboxylic acids is 1. The summed E-state index contributed by atoms with van der Waals surface area (Å²) in [5.41, 5.74) is 0.656. The lowest BCUT2D eigenvalue weighted by Gasteiger charge is -2.28. The number of nitrogens with zero attached hydrogens (tertiary/aromatic N) is 3. The van der Waals surface area contributed by atoms with Crippen LogP contribution in [0.4, 0.5) is 0 Å². The van der Waals surface area contributed by atoms with Gasteiger partial charge in [0.1, 0.15) is 0 Å².